The highest BCUT2D eigenvalue weighted by Gasteiger charge is 2.30. The number of halogens is 1. The summed E-state index contributed by atoms with van der Waals surface area (Å²) in [7, 11) is 1.52. The van der Waals surface area contributed by atoms with Crippen molar-refractivity contribution in [3.05, 3.63) is 69.2 Å². The summed E-state index contributed by atoms with van der Waals surface area (Å²) in [6.07, 6.45) is 0.130. The molecule has 6 nitrogen and oxygen atoms in total. The number of allylic oxidation sites excluding steroid dienone is 1. The summed E-state index contributed by atoms with van der Waals surface area (Å²) in [5, 5.41) is 16.1. The number of nitrogens with one attached hydrogen (secondary N) is 2. The Balaban J connectivity index is 1.79. The quantitative estimate of drug-likeness (QED) is 0.694. The second-order valence-corrected chi connectivity index (χ2v) is 8.10. The van der Waals surface area contributed by atoms with E-state index in [4.69, 9.17) is 16.3 Å². The standard InChI is InChI=1S/C22H20ClN3O3S/c1-13-5-3-4-6-18(13)25-21(28)12-30-22-16(11-24)15(10-20(27)26-22)14-7-8-19(29-2)17(23)9-14/h3-9,15H,10,12H2,1-2H3,(H,25,28)(H,26,27)/t15-/m0/s1. The van der Waals surface area contributed by atoms with E-state index in [2.05, 4.69) is 16.7 Å². The van der Waals surface area contributed by atoms with Crippen molar-refractivity contribution in [2.24, 2.45) is 0 Å². The third-order valence-electron chi connectivity index (χ3n) is 4.70. The summed E-state index contributed by atoms with van der Waals surface area (Å²) in [5.41, 5.74) is 2.84. The Hall–Kier alpha value is -2.95. The Morgan fingerprint density at radius 1 is 1.37 bits per heavy atom. The van der Waals surface area contributed by atoms with E-state index in [0.29, 0.717) is 21.4 Å². The first kappa shape index (κ1) is 21.8. The lowest BCUT2D eigenvalue weighted by molar-refractivity contribution is -0.121. The number of ether oxygens (including phenoxy) is 1. The van der Waals surface area contributed by atoms with Crippen LogP contribution < -0.4 is 15.4 Å². The summed E-state index contributed by atoms with van der Waals surface area (Å²) >= 11 is 7.36. The number of hydrogen-bond acceptors (Lipinski definition) is 5. The number of carbonyl (C=O) groups excluding carboxylic acids is 2. The summed E-state index contributed by atoms with van der Waals surface area (Å²) in [5.74, 6) is -0.291. The van der Waals surface area contributed by atoms with Crippen LogP contribution in [0.3, 0.4) is 0 Å². The monoisotopic (exact) mass is 441 g/mol. The normalized spacial score (nSPS) is 15.9. The van der Waals surface area contributed by atoms with Gasteiger partial charge in [-0.1, -0.05) is 47.6 Å². The summed E-state index contributed by atoms with van der Waals surface area (Å²) in [4.78, 5) is 24.6. The van der Waals surface area contributed by atoms with Crippen LogP contribution in [-0.2, 0) is 9.59 Å². The molecule has 0 aliphatic carbocycles. The molecule has 2 aromatic rings. The molecule has 2 amide bonds. The van der Waals surface area contributed by atoms with Crippen molar-refractivity contribution >= 4 is 40.9 Å². The van der Waals surface area contributed by atoms with Crippen LogP contribution >= 0.6 is 23.4 Å². The maximum absolute atomic E-state index is 12.4. The van der Waals surface area contributed by atoms with Gasteiger partial charge in [-0.2, -0.15) is 5.26 Å². The van der Waals surface area contributed by atoms with Crippen LogP contribution in [0.5, 0.6) is 5.75 Å². The molecule has 1 aliphatic heterocycles. The van der Waals surface area contributed by atoms with Crippen molar-refractivity contribution in [1.29, 1.82) is 5.26 Å². The fourth-order valence-electron chi connectivity index (χ4n) is 3.15. The molecule has 0 bridgehead atoms. The third kappa shape index (κ3) is 4.96. The van der Waals surface area contributed by atoms with Gasteiger partial charge in [0, 0.05) is 18.0 Å². The number of amides is 2. The van der Waals surface area contributed by atoms with Gasteiger partial charge in [0.05, 0.1) is 34.6 Å². The van der Waals surface area contributed by atoms with Gasteiger partial charge in [0.2, 0.25) is 11.8 Å². The molecular weight excluding hydrogens is 422 g/mol. The molecule has 0 radical (unpaired) electrons. The third-order valence-corrected chi connectivity index (χ3v) is 6.01. The average molecular weight is 442 g/mol. The first-order valence-electron chi connectivity index (χ1n) is 9.18. The molecule has 30 heavy (non-hydrogen) atoms. The molecule has 154 valence electrons. The molecule has 1 aliphatic rings. The Morgan fingerprint density at radius 3 is 2.80 bits per heavy atom. The van der Waals surface area contributed by atoms with E-state index in [1.54, 1.807) is 18.2 Å². The van der Waals surface area contributed by atoms with E-state index < -0.39 is 5.92 Å². The average Bonchev–Trinajstić information content (AvgIpc) is 2.73. The fourth-order valence-corrected chi connectivity index (χ4v) is 4.30. The van der Waals surface area contributed by atoms with Crippen molar-refractivity contribution in [2.45, 2.75) is 19.3 Å². The van der Waals surface area contributed by atoms with E-state index in [1.165, 1.54) is 7.11 Å². The molecule has 0 unspecified atom stereocenters. The summed E-state index contributed by atoms with van der Waals surface area (Å²) in [6, 6.07) is 14.9. The van der Waals surface area contributed by atoms with Gasteiger partial charge >= 0.3 is 0 Å². The molecule has 0 saturated heterocycles. The maximum atomic E-state index is 12.4. The number of nitrogens with zero attached hydrogens (tertiary/aromatic N) is 1. The number of carbonyl (C=O) groups is 2. The highest BCUT2D eigenvalue weighted by atomic mass is 35.5. The topological polar surface area (TPSA) is 91.2 Å². The van der Waals surface area contributed by atoms with E-state index >= 15 is 0 Å². The summed E-state index contributed by atoms with van der Waals surface area (Å²) < 4.78 is 5.17. The lowest BCUT2D eigenvalue weighted by Crippen LogP contribution is -2.31. The number of benzene rings is 2. The zero-order chi connectivity index (χ0) is 21.7. The van der Waals surface area contributed by atoms with Gasteiger partial charge in [-0.05, 0) is 36.2 Å². The van der Waals surface area contributed by atoms with Crippen LogP contribution in [0.1, 0.15) is 23.5 Å². The minimum absolute atomic E-state index is 0.0607. The number of hydrogen-bond donors (Lipinski definition) is 2. The Bertz CT molecular complexity index is 1060. The molecule has 0 aromatic heterocycles. The SMILES string of the molecule is COc1ccc([C@@H]2CC(=O)NC(SCC(=O)Nc3ccccc3C)=C2C#N)cc1Cl. The minimum atomic E-state index is -0.436. The second-order valence-electron chi connectivity index (χ2n) is 6.71. The highest BCUT2D eigenvalue weighted by Crippen LogP contribution is 2.38. The first-order chi connectivity index (χ1) is 14.4. The second kappa shape index (κ2) is 9.70. The largest absolute Gasteiger partial charge is 0.495 e. The van der Waals surface area contributed by atoms with Crippen molar-refractivity contribution in [3.63, 3.8) is 0 Å². The molecule has 0 spiro atoms. The zero-order valence-corrected chi connectivity index (χ0v) is 18.1. The van der Waals surface area contributed by atoms with Gasteiger partial charge in [0.1, 0.15) is 5.75 Å². The van der Waals surface area contributed by atoms with Crippen molar-refractivity contribution in [2.75, 3.05) is 18.2 Å². The Labute approximate surface area is 184 Å². The van der Waals surface area contributed by atoms with Crippen LogP contribution in [0.15, 0.2) is 53.1 Å². The smallest absolute Gasteiger partial charge is 0.234 e. The first-order valence-corrected chi connectivity index (χ1v) is 10.5. The number of aryl methyl sites for hydroxylation is 1. The molecule has 1 atom stereocenters. The predicted octanol–water partition coefficient (Wildman–Crippen LogP) is 4.37. The zero-order valence-electron chi connectivity index (χ0n) is 16.5. The number of anilines is 1. The van der Waals surface area contributed by atoms with Crippen molar-refractivity contribution in [3.8, 4) is 11.8 Å². The molecule has 1 heterocycles. The van der Waals surface area contributed by atoms with Crippen LogP contribution in [0, 0.1) is 18.3 Å². The highest BCUT2D eigenvalue weighted by molar-refractivity contribution is 8.03. The number of para-hydroxylation sites is 1. The van der Waals surface area contributed by atoms with Gasteiger partial charge in [-0.25, -0.2) is 0 Å². The van der Waals surface area contributed by atoms with Crippen LogP contribution in [0.25, 0.3) is 0 Å². The number of rotatable bonds is 6. The lowest BCUT2D eigenvalue weighted by Gasteiger charge is -2.25. The number of methoxy groups -OCH3 is 1. The molecule has 3 rings (SSSR count). The van der Waals surface area contributed by atoms with Gasteiger partial charge in [-0.3, -0.25) is 9.59 Å². The van der Waals surface area contributed by atoms with E-state index in [0.717, 1.165) is 28.6 Å². The Morgan fingerprint density at radius 2 is 2.13 bits per heavy atom. The van der Waals surface area contributed by atoms with E-state index in [1.807, 2.05) is 31.2 Å². The van der Waals surface area contributed by atoms with Crippen LogP contribution in [0.2, 0.25) is 5.02 Å². The lowest BCUT2D eigenvalue weighted by atomic mass is 9.87. The molecular formula is C22H20ClN3O3S. The van der Waals surface area contributed by atoms with Gasteiger partial charge < -0.3 is 15.4 Å². The minimum Gasteiger partial charge on any atom is -0.495 e. The maximum Gasteiger partial charge on any atom is 0.234 e. The van der Waals surface area contributed by atoms with Gasteiger partial charge in [0.15, 0.2) is 0 Å². The van der Waals surface area contributed by atoms with Gasteiger partial charge in [-0.15, -0.1) is 0 Å². The molecule has 0 saturated carbocycles. The molecule has 8 heteroatoms. The van der Waals surface area contributed by atoms with Crippen LogP contribution in [-0.4, -0.2) is 24.7 Å². The number of nitriles is 1. The Kier molecular flexibility index (Phi) is 7.03. The predicted molar refractivity (Wildman–Crippen MR) is 118 cm³/mol. The number of thioether (sulfide) groups is 1. The van der Waals surface area contributed by atoms with E-state index in [9.17, 15) is 14.9 Å². The van der Waals surface area contributed by atoms with Gasteiger partial charge in [0.25, 0.3) is 0 Å². The molecule has 2 aromatic carbocycles. The molecule has 0 fully saturated rings. The molecule has 2 N–H and O–H groups in total. The van der Waals surface area contributed by atoms with Crippen LogP contribution in [0.4, 0.5) is 5.69 Å². The van der Waals surface area contributed by atoms with Crippen molar-refractivity contribution < 1.29 is 14.3 Å². The van der Waals surface area contributed by atoms with E-state index in [-0.39, 0.29) is 24.0 Å². The summed E-state index contributed by atoms with van der Waals surface area (Å²) in [6.45, 7) is 1.91. The fraction of sp³-hybridized carbons (Fsp3) is 0.227. The van der Waals surface area contributed by atoms with Crippen molar-refractivity contribution in [1.82, 2.24) is 5.32 Å².